The number of halogens is 2. The number of ketones is 1. The maximum atomic E-state index is 14.2. The molecule has 2 aliphatic rings. The molecule has 0 amide bonds. The van der Waals surface area contributed by atoms with Crippen LogP contribution in [0, 0.1) is 17.0 Å². The van der Waals surface area contributed by atoms with Crippen LogP contribution in [0.4, 0.5) is 8.78 Å². The average Bonchev–Trinajstić information content (AvgIpc) is 3.03. The minimum absolute atomic E-state index is 0.0577. The van der Waals surface area contributed by atoms with Crippen LogP contribution in [-0.4, -0.2) is 10.4 Å². The largest absolute Gasteiger partial charge is 0.294 e. The van der Waals surface area contributed by atoms with Crippen molar-refractivity contribution in [2.45, 2.75) is 32.7 Å². The van der Waals surface area contributed by atoms with Gasteiger partial charge in [0.1, 0.15) is 11.6 Å². The van der Waals surface area contributed by atoms with E-state index in [1.54, 1.807) is 30.3 Å². The van der Waals surface area contributed by atoms with Crippen LogP contribution in [-0.2, 0) is 4.79 Å². The molecule has 1 unspecified atom stereocenters. The van der Waals surface area contributed by atoms with Gasteiger partial charge in [-0.3, -0.25) is 14.2 Å². The molecule has 162 valence electrons. The molecular formula is C25H20F2N2O2S. The average molecular weight is 451 g/mol. The Kier molecular flexibility index (Phi) is 4.82. The van der Waals surface area contributed by atoms with Gasteiger partial charge < -0.3 is 0 Å². The summed E-state index contributed by atoms with van der Waals surface area (Å²) in [7, 11) is 0. The van der Waals surface area contributed by atoms with Crippen molar-refractivity contribution >= 4 is 23.2 Å². The number of carbonyl (C=O) groups is 1. The van der Waals surface area contributed by atoms with Gasteiger partial charge in [0, 0.05) is 17.6 Å². The molecule has 7 heteroatoms. The van der Waals surface area contributed by atoms with E-state index in [9.17, 15) is 18.4 Å². The summed E-state index contributed by atoms with van der Waals surface area (Å²) in [5.41, 5.74) is 1.50. The van der Waals surface area contributed by atoms with E-state index in [0.717, 1.165) is 0 Å². The maximum Gasteiger partial charge on any atom is 0.271 e. The van der Waals surface area contributed by atoms with Crippen LogP contribution in [0.25, 0.3) is 6.08 Å². The summed E-state index contributed by atoms with van der Waals surface area (Å²) in [5.74, 6) is -0.881. The Hall–Kier alpha value is -3.19. The van der Waals surface area contributed by atoms with E-state index in [0.29, 0.717) is 44.6 Å². The second kappa shape index (κ2) is 7.45. The molecule has 2 heterocycles. The Labute approximate surface area is 186 Å². The third-order valence-electron chi connectivity index (χ3n) is 5.87. The summed E-state index contributed by atoms with van der Waals surface area (Å²) in [6.07, 6.45) is 2.46. The van der Waals surface area contributed by atoms with Crippen molar-refractivity contribution in [3.8, 4) is 0 Å². The van der Waals surface area contributed by atoms with Crippen molar-refractivity contribution in [1.29, 1.82) is 0 Å². The second-order valence-corrected chi connectivity index (χ2v) is 9.97. The third-order valence-corrected chi connectivity index (χ3v) is 6.86. The number of Topliss-reactive ketones (excluding diaryl/α,β-unsaturated/α-hetero) is 1. The van der Waals surface area contributed by atoms with Crippen molar-refractivity contribution in [3.05, 3.63) is 102 Å². The van der Waals surface area contributed by atoms with Gasteiger partial charge in [0.25, 0.3) is 5.56 Å². The first-order chi connectivity index (χ1) is 15.2. The predicted molar refractivity (Wildman–Crippen MR) is 119 cm³/mol. The van der Waals surface area contributed by atoms with Crippen LogP contribution in [0.15, 0.2) is 69.6 Å². The van der Waals surface area contributed by atoms with Gasteiger partial charge in [-0.15, -0.1) is 0 Å². The van der Waals surface area contributed by atoms with E-state index < -0.39 is 17.7 Å². The topological polar surface area (TPSA) is 51.4 Å². The number of aromatic nitrogens is 1. The molecule has 0 bridgehead atoms. The lowest BCUT2D eigenvalue weighted by molar-refractivity contribution is -0.118. The third kappa shape index (κ3) is 3.46. The predicted octanol–water partition coefficient (Wildman–Crippen LogP) is 3.88. The zero-order valence-corrected chi connectivity index (χ0v) is 18.4. The number of allylic oxidation sites excluding steroid dienone is 2. The molecule has 1 aliphatic heterocycles. The molecule has 1 aliphatic carbocycles. The normalized spacial score (nSPS) is 20.1. The van der Waals surface area contributed by atoms with E-state index in [-0.39, 0.29) is 16.8 Å². The quantitative estimate of drug-likeness (QED) is 0.595. The van der Waals surface area contributed by atoms with Crippen molar-refractivity contribution in [1.82, 2.24) is 4.57 Å². The number of rotatable bonds is 2. The molecule has 0 saturated heterocycles. The standard InChI is InChI=1S/C25H20F2N2O2S/c1-25(2)12-18-21(19(30)13-25)22(14-7-9-16(26)10-8-14)29-23(31)20(32-24(29)28-18)11-15-5-3-4-6-17(15)27/h3-11,22H,12-13H2,1-2H3. The zero-order valence-electron chi connectivity index (χ0n) is 17.6. The monoisotopic (exact) mass is 450 g/mol. The van der Waals surface area contributed by atoms with Crippen molar-refractivity contribution in [2.24, 2.45) is 10.4 Å². The number of hydrogen-bond acceptors (Lipinski definition) is 4. The summed E-state index contributed by atoms with van der Waals surface area (Å²) in [6, 6.07) is 11.4. The SMILES string of the molecule is CC1(C)CC(=O)C2=C(C1)N=c1sc(=Cc3ccccc3F)c(=O)n1C2c1ccc(F)cc1. The molecule has 1 aromatic heterocycles. The van der Waals surface area contributed by atoms with Gasteiger partial charge in [0.05, 0.1) is 16.3 Å². The molecule has 0 spiro atoms. The van der Waals surface area contributed by atoms with Crippen molar-refractivity contribution in [2.75, 3.05) is 0 Å². The van der Waals surface area contributed by atoms with Gasteiger partial charge in [0.2, 0.25) is 0 Å². The number of carbonyl (C=O) groups excluding carboxylic acids is 1. The van der Waals surface area contributed by atoms with Crippen LogP contribution >= 0.6 is 11.3 Å². The van der Waals surface area contributed by atoms with Gasteiger partial charge >= 0.3 is 0 Å². The van der Waals surface area contributed by atoms with Gasteiger partial charge in [-0.05, 0) is 41.7 Å². The number of benzene rings is 2. The zero-order chi connectivity index (χ0) is 22.6. The molecule has 0 N–H and O–H groups in total. The highest BCUT2D eigenvalue weighted by Gasteiger charge is 2.40. The lowest BCUT2D eigenvalue weighted by Crippen LogP contribution is -2.42. The Morgan fingerprint density at radius 1 is 1.06 bits per heavy atom. The van der Waals surface area contributed by atoms with E-state index in [1.807, 2.05) is 13.8 Å². The molecule has 4 nitrogen and oxygen atoms in total. The second-order valence-electron chi connectivity index (χ2n) is 8.96. The first kappa shape index (κ1) is 20.7. The van der Waals surface area contributed by atoms with E-state index >= 15 is 0 Å². The van der Waals surface area contributed by atoms with Crippen LogP contribution < -0.4 is 14.9 Å². The minimum atomic E-state index is -0.687. The van der Waals surface area contributed by atoms with Gasteiger partial charge in [0.15, 0.2) is 10.6 Å². The Balaban J connectivity index is 1.78. The minimum Gasteiger partial charge on any atom is -0.294 e. The molecule has 2 aromatic carbocycles. The summed E-state index contributed by atoms with van der Waals surface area (Å²) in [5, 5.41) is 0. The Bertz CT molecular complexity index is 1460. The Morgan fingerprint density at radius 3 is 2.50 bits per heavy atom. The molecule has 1 atom stereocenters. The summed E-state index contributed by atoms with van der Waals surface area (Å²) < 4.78 is 29.6. The van der Waals surface area contributed by atoms with E-state index in [4.69, 9.17) is 4.99 Å². The highest BCUT2D eigenvalue weighted by molar-refractivity contribution is 7.07. The fourth-order valence-electron chi connectivity index (χ4n) is 4.44. The van der Waals surface area contributed by atoms with Crippen LogP contribution in [0.3, 0.4) is 0 Å². The Morgan fingerprint density at radius 2 is 1.78 bits per heavy atom. The summed E-state index contributed by atoms with van der Waals surface area (Å²) in [4.78, 5) is 31.8. The van der Waals surface area contributed by atoms with Crippen LogP contribution in [0.2, 0.25) is 0 Å². The molecule has 5 rings (SSSR count). The summed E-state index contributed by atoms with van der Waals surface area (Å²) in [6.45, 7) is 4.04. The lowest BCUT2D eigenvalue weighted by Gasteiger charge is -2.35. The molecule has 0 radical (unpaired) electrons. The first-order valence-electron chi connectivity index (χ1n) is 10.3. The molecule has 0 fully saturated rings. The smallest absolute Gasteiger partial charge is 0.271 e. The van der Waals surface area contributed by atoms with E-state index in [2.05, 4.69) is 0 Å². The highest BCUT2D eigenvalue weighted by atomic mass is 32.1. The van der Waals surface area contributed by atoms with Gasteiger partial charge in [-0.2, -0.15) is 0 Å². The number of nitrogens with zero attached hydrogens (tertiary/aromatic N) is 2. The van der Waals surface area contributed by atoms with E-state index in [1.165, 1.54) is 40.2 Å². The van der Waals surface area contributed by atoms with Crippen molar-refractivity contribution < 1.29 is 13.6 Å². The maximum absolute atomic E-state index is 14.2. The highest BCUT2D eigenvalue weighted by Crippen LogP contribution is 2.43. The fourth-order valence-corrected chi connectivity index (χ4v) is 5.45. The molecule has 3 aromatic rings. The van der Waals surface area contributed by atoms with Crippen molar-refractivity contribution in [3.63, 3.8) is 0 Å². The molecule has 32 heavy (non-hydrogen) atoms. The van der Waals surface area contributed by atoms with Crippen LogP contribution in [0.1, 0.15) is 43.9 Å². The van der Waals surface area contributed by atoms with Gasteiger partial charge in [-0.1, -0.05) is 55.5 Å². The van der Waals surface area contributed by atoms with Crippen LogP contribution in [0.5, 0.6) is 0 Å². The number of fused-ring (bicyclic) bond motifs is 1. The molecular weight excluding hydrogens is 430 g/mol. The number of thiazole rings is 1. The van der Waals surface area contributed by atoms with Gasteiger partial charge in [-0.25, -0.2) is 13.8 Å². The summed E-state index contributed by atoms with van der Waals surface area (Å²) >= 11 is 1.17. The molecule has 0 saturated carbocycles. The number of hydrogen-bond donors (Lipinski definition) is 0. The fraction of sp³-hybridized carbons (Fsp3) is 0.240. The lowest BCUT2D eigenvalue weighted by atomic mass is 9.73. The first-order valence-corrected chi connectivity index (χ1v) is 11.1.